The van der Waals surface area contributed by atoms with Crippen molar-refractivity contribution in [1.82, 2.24) is 10.3 Å². The van der Waals surface area contributed by atoms with Crippen molar-refractivity contribution in [2.24, 2.45) is 0 Å². The third-order valence-electron chi connectivity index (χ3n) is 2.89. The lowest BCUT2D eigenvalue weighted by atomic mass is 10.2. The number of nitro groups is 1. The fourth-order valence-corrected chi connectivity index (χ4v) is 1.85. The maximum Gasteiger partial charge on any atom is 0.292 e. The summed E-state index contributed by atoms with van der Waals surface area (Å²) >= 11 is 0. The number of hydrogen-bond acceptors (Lipinski definition) is 5. The van der Waals surface area contributed by atoms with E-state index < -0.39 is 16.4 Å². The van der Waals surface area contributed by atoms with E-state index in [2.05, 4.69) is 15.6 Å². The summed E-state index contributed by atoms with van der Waals surface area (Å²) in [5, 5.41) is 16.3. The Morgan fingerprint density at radius 3 is 2.68 bits per heavy atom. The molecule has 22 heavy (non-hydrogen) atoms. The molecule has 3 N–H and O–H groups in total. The van der Waals surface area contributed by atoms with E-state index >= 15 is 0 Å². The number of carbonyl (C=O) groups is 1. The van der Waals surface area contributed by atoms with Crippen molar-refractivity contribution in [3.05, 3.63) is 68.6 Å². The largest absolute Gasteiger partial charge is 0.378 e. The molecule has 2 rings (SSSR count). The van der Waals surface area contributed by atoms with Crippen LogP contribution >= 0.6 is 0 Å². The van der Waals surface area contributed by atoms with Gasteiger partial charge in [0.05, 0.1) is 4.92 Å². The Labute approximate surface area is 125 Å². The predicted molar refractivity (Wildman–Crippen MR) is 81.0 cm³/mol. The van der Waals surface area contributed by atoms with Gasteiger partial charge in [0, 0.05) is 25.4 Å². The first-order valence-corrected chi connectivity index (χ1v) is 6.53. The summed E-state index contributed by atoms with van der Waals surface area (Å²) in [6.07, 6.45) is 1.44. The fraction of sp³-hybridized carbons (Fsp3) is 0.143. The number of rotatable bonds is 6. The van der Waals surface area contributed by atoms with Gasteiger partial charge in [-0.1, -0.05) is 12.1 Å². The van der Waals surface area contributed by atoms with Crippen LogP contribution in [-0.4, -0.2) is 28.9 Å². The molecule has 1 aromatic heterocycles. The molecule has 0 radical (unpaired) electrons. The second-order valence-electron chi connectivity index (χ2n) is 4.37. The molecule has 0 fully saturated rings. The van der Waals surface area contributed by atoms with Gasteiger partial charge in [-0.15, -0.1) is 0 Å². The standard InChI is InChI=1S/C14H14N4O4/c19-13-10(4-3-7-16-13)14(20)17-9-8-15-11-5-1-2-6-12(11)18(21)22/h1-7,15H,8-9H2,(H,16,19)(H,17,20). The summed E-state index contributed by atoms with van der Waals surface area (Å²) in [7, 11) is 0. The van der Waals surface area contributed by atoms with Gasteiger partial charge in [0.2, 0.25) is 0 Å². The Kier molecular flexibility index (Phi) is 4.86. The lowest BCUT2D eigenvalue weighted by Crippen LogP contribution is -2.32. The average Bonchev–Trinajstić information content (AvgIpc) is 2.52. The van der Waals surface area contributed by atoms with Crippen LogP contribution in [0.15, 0.2) is 47.4 Å². The minimum absolute atomic E-state index is 0.0215. The molecule has 0 bridgehead atoms. The first kappa shape index (κ1) is 15.2. The number of hydrogen-bond donors (Lipinski definition) is 3. The van der Waals surface area contributed by atoms with Crippen molar-refractivity contribution in [3.63, 3.8) is 0 Å². The van der Waals surface area contributed by atoms with Gasteiger partial charge in [0.15, 0.2) is 0 Å². The number of pyridine rings is 1. The third kappa shape index (κ3) is 3.69. The lowest BCUT2D eigenvalue weighted by molar-refractivity contribution is -0.384. The monoisotopic (exact) mass is 302 g/mol. The van der Waals surface area contributed by atoms with Crippen molar-refractivity contribution in [2.45, 2.75) is 0 Å². The smallest absolute Gasteiger partial charge is 0.292 e. The van der Waals surface area contributed by atoms with Crippen LogP contribution < -0.4 is 16.2 Å². The van der Waals surface area contributed by atoms with Crippen LogP contribution in [0.3, 0.4) is 0 Å². The summed E-state index contributed by atoms with van der Waals surface area (Å²) in [6, 6.07) is 9.21. The molecule has 0 aliphatic carbocycles. The quantitative estimate of drug-likeness (QED) is 0.420. The van der Waals surface area contributed by atoms with Gasteiger partial charge >= 0.3 is 0 Å². The number of anilines is 1. The maximum atomic E-state index is 11.8. The number of aromatic nitrogens is 1. The number of nitrogens with one attached hydrogen (secondary N) is 3. The van der Waals surface area contributed by atoms with Gasteiger partial charge in [-0.05, 0) is 18.2 Å². The molecule has 1 amide bonds. The first-order valence-electron chi connectivity index (χ1n) is 6.53. The van der Waals surface area contributed by atoms with Gasteiger partial charge < -0.3 is 15.6 Å². The highest BCUT2D eigenvalue weighted by Crippen LogP contribution is 2.22. The predicted octanol–water partition coefficient (Wildman–Crippen LogP) is 1.12. The number of aromatic amines is 1. The fourth-order valence-electron chi connectivity index (χ4n) is 1.85. The highest BCUT2D eigenvalue weighted by atomic mass is 16.6. The molecule has 0 saturated carbocycles. The molecule has 1 aromatic carbocycles. The summed E-state index contributed by atoms with van der Waals surface area (Å²) in [5.41, 5.74) is -0.104. The van der Waals surface area contributed by atoms with Gasteiger partial charge in [0.1, 0.15) is 11.3 Å². The van der Waals surface area contributed by atoms with Crippen LogP contribution in [0.1, 0.15) is 10.4 Å². The number of benzene rings is 1. The van der Waals surface area contributed by atoms with Crippen molar-refractivity contribution in [1.29, 1.82) is 0 Å². The number of nitrogens with zero attached hydrogens (tertiary/aromatic N) is 1. The zero-order valence-electron chi connectivity index (χ0n) is 11.5. The molecular weight excluding hydrogens is 288 g/mol. The number of nitro benzene ring substituents is 1. The molecule has 0 atom stereocenters. The molecular formula is C14H14N4O4. The molecule has 1 heterocycles. The molecule has 2 aromatic rings. The number of amides is 1. The summed E-state index contributed by atoms with van der Waals surface area (Å²) < 4.78 is 0. The van der Waals surface area contributed by atoms with Crippen molar-refractivity contribution in [2.75, 3.05) is 18.4 Å². The van der Waals surface area contributed by atoms with Gasteiger partial charge in [0.25, 0.3) is 17.2 Å². The van der Waals surface area contributed by atoms with Crippen LogP contribution in [0.25, 0.3) is 0 Å². The van der Waals surface area contributed by atoms with E-state index in [1.54, 1.807) is 24.3 Å². The molecule has 8 heteroatoms. The molecule has 114 valence electrons. The highest BCUT2D eigenvalue weighted by molar-refractivity contribution is 5.93. The Bertz CT molecular complexity index is 741. The summed E-state index contributed by atoms with van der Waals surface area (Å²) in [4.78, 5) is 36.0. The van der Waals surface area contributed by atoms with E-state index in [4.69, 9.17) is 0 Å². The minimum atomic E-state index is -0.494. The molecule has 8 nitrogen and oxygen atoms in total. The van der Waals surface area contributed by atoms with Crippen LogP contribution in [0.2, 0.25) is 0 Å². The minimum Gasteiger partial charge on any atom is -0.378 e. The number of carbonyl (C=O) groups excluding carboxylic acids is 1. The van der Waals surface area contributed by atoms with Gasteiger partial charge in [-0.25, -0.2) is 0 Å². The molecule has 0 saturated heterocycles. The first-order chi connectivity index (χ1) is 10.6. The van der Waals surface area contributed by atoms with Crippen LogP contribution in [0.4, 0.5) is 11.4 Å². The zero-order valence-corrected chi connectivity index (χ0v) is 11.5. The number of para-hydroxylation sites is 2. The van der Waals surface area contributed by atoms with Crippen molar-refractivity contribution < 1.29 is 9.72 Å². The highest BCUT2D eigenvalue weighted by Gasteiger charge is 2.12. The topological polar surface area (TPSA) is 117 Å². The Balaban J connectivity index is 1.88. The Hall–Kier alpha value is -3.16. The zero-order chi connectivity index (χ0) is 15.9. The Morgan fingerprint density at radius 2 is 1.95 bits per heavy atom. The van der Waals surface area contributed by atoms with Crippen LogP contribution in [0.5, 0.6) is 0 Å². The van der Waals surface area contributed by atoms with E-state index in [1.807, 2.05) is 0 Å². The normalized spacial score (nSPS) is 10.0. The van der Waals surface area contributed by atoms with Gasteiger partial charge in [-0.3, -0.25) is 19.7 Å². The van der Waals surface area contributed by atoms with E-state index in [0.717, 1.165) is 0 Å². The molecule has 0 aliphatic rings. The van der Waals surface area contributed by atoms with E-state index in [9.17, 15) is 19.7 Å². The Morgan fingerprint density at radius 1 is 1.18 bits per heavy atom. The number of H-pyrrole nitrogens is 1. The SMILES string of the molecule is O=C(NCCNc1ccccc1[N+](=O)[O-])c1ccc[nH]c1=O. The van der Waals surface area contributed by atoms with Crippen LogP contribution in [-0.2, 0) is 0 Å². The summed E-state index contributed by atoms with van der Waals surface area (Å²) in [5.74, 6) is -0.494. The molecule has 0 spiro atoms. The third-order valence-corrected chi connectivity index (χ3v) is 2.89. The van der Waals surface area contributed by atoms with E-state index in [1.165, 1.54) is 18.3 Å². The summed E-state index contributed by atoms with van der Waals surface area (Å²) in [6.45, 7) is 0.514. The van der Waals surface area contributed by atoms with Crippen molar-refractivity contribution in [3.8, 4) is 0 Å². The van der Waals surface area contributed by atoms with E-state index in [0.29, 0.717) is 12.2 Å². The van der Waals surface area contributed by atoms with Gasteiger partial charge in [-0.2, -0.15) is 0 Å². The second kappa shape index (κ2) is 7.02. The lowest BCUT2D eigenvalue weighted by Gasteiger charge is -2.08. The van der Waals surface area contributed by atoms with Crippen LogP contribution in [0, 0.1) is 10.1 Å². The molecule has 0 aliphatic heterocycles. The second-order valence-corrected chi connectivity index (χ2v) is 4.37. The maximum absolute atomic E-state index is 11.8. The van der Waals surface area contributed by atoms with Crippen molar-refractivity contribution >= 4 is 17.3 Å². The van der Waals surface area contributed by atoms with E-state index in [-0.39, 0.29) is 17.8 Å². The average molecular weight is 302 g/mol. The molecule has 0 unspecified atom stereocenters.